The molecule has 2 N–H and O–H groups in total. The van der Waals surface area contributed by atoms with Gasteiger partial charge in [0.05, 0.1) is 0 Å². The van der Waals surface area contributed by atoms with Crippen molar-refractivity contribution in [2.75, 3.05) is 0 Å². The number of carbonyl (C=O) groups is 2. The molecule has 0 aliphatic rings. The monoisotopic (exact) mass is 316 g/mol. The van der Waals surface area contributed by atoms with Gasteiger partial charge in [0.1, 0.15) is 11.4 Å². The lowest BCUT2D eigenvalue weighted by molar-refractivity contribution is 0.0917. The minimum Gasteiger partial charge on any atom is -0.364 e. The second kappa shape index (κ2) is 7.00. The molecule has 1 aromatic heterocycles. The number of aromatic amines is 1. The van der Waals surface area contributed by atoms with Gasteiger partial charge < -0.3 is 10.3 Å². The van der Waals surface area contributed by atoms with E-state index < -0.39 is 17.8 Å². The smallest absolute Gasteiger partial charge is 0.256 e. The summed E-state index contributed by atoms with van der Waals surface area (Å²) in [6, 6.07) is 6.10. The van der Waals surface area contributed by atoms with Gasteiger partial charge in [-0.05, 0) is 38.1 Å². The van der Waals surface area contributed by atoms with Crippen molar-refractivity contribution in [2.24, 2.45) is 0 Å². The molecule has 1 atom stereocenters. The predicted molar refractivity (Wildman–Crippen MR) is 84.1 cm³/mol. The molecule has 0 radical (unpaired) electrons. The maximum atomic E-state index is 12.8. The van der Waals surface area contributed by atoms with Gasteiger partial charge in [0.25, 0.3) is 5.91 Å². The molecule has 0 fully saturated rings. The van der Waals surface area contributed by atoms with Crippen LogP contribution < -0.4 is 10.7 Å². The highest BCUT2D eigenvalue weighted by atomic mass is 19.1. The first-order chi connectivity index (χ1) is 10.9. The number of nitrogens with one attached hydrogen (secondary N) is 2. The zero-order chi connectivity index (χ0) is 17.0. The summed E-state index contributed by atoms with van der Waals surface area (Å²) in [6.45, 7) is 3.38. The summed E-state index contributed by atoms with van der Waals surface area (Å²) in [5.74, 6) is -1.16. The Morgan fingerprint density at radius 1 is 1.26 bits per heavy atom. The molecule has 6 heteroatoms. The predicted octanol–water partition coefficient (Wildman–Crippen LogP) is 2.21. The molecule has 0 bridgehead atoms. The fourth-order valence-corrected chi connectivity index (χ4v) is 2.13. The van der Waals surface area contributed by atoms with E-state index in [0.29, 0.717) is 11.3 Å². The van der Waals surface area contributed by atoms with Gasteiger partial charge in [0, 0.05) is 36.0 Å². The molecule has 120 valence electrons. The fraction of sp³-hybridized carbons (Fsp3) is 0.235. The summed E-state index contributed by atoms with van der Waals surface area (Å²) < 4.78 is 12.8. The average Bonchev–Trinajstić information content (AvgIpc) is 2.47. The Labute approximate surface area is 132 Å². The summed E-state index contributed by atoms with van der Waals surface area (Å²) in [7, 11) is 0. The normalized spacial score (nSPS) is 11.8. The Morgan fingerprint density at radius 3 is 2.52 bits per heavy atom. The van der Waals surface area contributed by atoms with Gasteiger partial charge in [-0.15, -0.1) is 0 Å². The Balaban J connectivity index is 2.00. The van der Waals surface area contributed by atoms with Crippen molar-refractivity contribution < 1.29 is 14.0 Å². The first-order valence-electron chi connectivity index (χ1n) is 7.16. The number of carbonyl (C=O) groups excluding carboxylic acids is 2. The van der Waals surface area contributed by atoms with E-state index in [1.54, 1.807) is 13.8 Å². The lowest BCUT2D eigenvalue weighted by atomic mass is 10.0. The largest absolute Gasteiger partial charge is 0.364 e. The topological polar surface area (TPSA) is 79.0 Å². The molecule has 2 aromatic rings. The highest BCUT2D eigenvalue weighted by Crippen LogP contribution is 2.08. The van der Waals surface area contributed by atoms with Crippen molar-refractivity contribution in [3.8, 4) is 0 Å². The molecule has 0 spiro atoms. The number of pyridine rings is 1. The molecular formula is C17H17FN2O3. The SMILES string of the molecule is Cc1cc(=O)c(C(=O)NC(C)CC(=O)c2ccc(F)cc2)c[nH]1. The second-order valence-electron chi connectivity index (χ2n) is 5.40. The van der Waals surface area contributed by atoms with E-state index in [9.17, 15) is 18.8 Å². The number of H-pyrrole nitrogens is 1. The number of halogens is 1. The minimum absolute atomic E-state index is 0.00307. The number of rotatable bonds is 5. The molecule has 23 heavy (non-hydrogen) atoms. The molecular weight excluding hydrogens is 299 g/mol. The molecule has 0 aliphatic heterocycles. The fourth-order valence-electron chi connectivity index (χ4n) is 2.13. The first-order valence-corrected chi connectivity index (χ1v) is 7.16. The molecule has 1 aromatic carbocycles. The van der Waals surface area contributed by atoms with Crippen LogP contribution in [-0.2, 0) is 0 Å². The van der Waals surface area contributed by atoms with Crippen LogP contribution in [0.3, 0.4) is 0 Å². The van der Waals surface area contributed by atoms with Crippen LogP contribution >= 0.6 is 0 Å². The quantitative estimate of drug-likeness (QED) is 0.830. The van der Waals surface area contributed by atoms with E-state index in [0.717, 1.165) is 0 Å². The van der Waals surface area contributed by atoms with Crippen molar-refractivity contribution in [1.82, 2.24) is 10.3 Å². The summed E-state index contributed by atoms with van der Waals surface area (Å²) in [4.78, 5) is 38.7. The van der Waals surface area contributed by atoms with Crippen LogP contribution in [0.25, 0.3) is 0 Å². The van der Waals surface area contributed by atoms with Crippen LogP contribution in [0, 0.1) is 12.7 Å². The van der Waals surface area contributed by atoms with Gasteiger partial charge in [-0.2, -0.15) is 0 Å². The van der Waals surface area contributed by atoms with Gasteiger partial charge >= 0.3 is 0 Å². The number of hydrogen-bond acceptors (Lipinski definition) is 3. The maximum absolute atomic E-state index is 12.8. The molecule has 2 rings (SSSR count). The summed E-state index contributed by atoms with van der Waals surface area (Å²) in [5.41, 5.74) is 0.652. The highest BCUT2D eigenvalue weighted by Gasteiger charge is 2.16. The lowest BCUT2D eigenvalue weighted by Crippen LogP contribution is -2.36. The average molecular weight is 316 g/mol. The second-order valence-corrected chi connectivity index (χ2v) is 5.40. The maximum Gasteiger partial charge on any atom is 0.256 e. The number of benzene rings is 1. The van der Waals surface area contributed by atoms with Crippen LogP contribution in [0.4, 0.5) is 4.39 Å². The van der Waals surface area contributed by atoms with Crippen LogP contribution in [0.5, 0.6) is 0 Å². The van der Waals surface area contributed by atoms with Gasteiger partial charge in [-0.25, -0.2) is 4.39 Å². The summed E-state index contributed by atoms with van der Waals surface area (Å²) >= 11 is 0. The van der Waals surface area contributed by atoms with E-state index in [4.69, 9.17) is 0 Å². The molecule has 1 unspecified atom stereocenters. The van der Waals surface area contributed by atoms with E-state index in [1.165, 1.54) is 36.5 Å². The number of ketones is 1. The first kappa shape index (κ1) is 16.6. The Hall–Kier alpha value is -2.76. The number of aryl methyl sites for hydroxylation is 1. The molecule has 0 saturated heterocycles. The van der Waals surface area contributed by atoms with Gasteiger partial charge in [0.2, 0.25) is 0 Å². The Morgan fingerprint density at radius 2 is 1.91 bits per heavy atom. The number of hydrogen-bond donors (Lipinski definition) is 2. The molecule has 1 amide bonds. The number of aromatic nitrogens is 1. The van der Waals surface area contributed by atoms with Crippen LogP contribution in [0.15, 0.2) is 41.3 Å². The highest BCUT2D eigenvalue weighted by molar-refractivity contribution is 5.97. The van der Waals surface area contributed by atoms with E-state index in [2.05, 4.69) is 10.3 Å². The molecule has 1 heterocycles. The van der Waals surface area contributed by atoms with Gasteiger partial charge in [-0.3, -0.25) is 14.4 Å². The third kappa shape index (κ3) is 4.35. The van der Waals surface area contributed by atoms with Gasteiger partial charge in [-0.1, -0.05) is 0 Å². The molecule has 0 saturated carbocycles. The summed E-state index contributed by atoms with van der Waals surface area (Å²) in [5, 5.41) is 2.61. The van der Waals surface area contributed by atoms with E-state index >= 15 is 0 Å². The van der Waals surface area contributed by atoms with Crippen LogP contribution in [0.2, 0.25) is 0 Å². The van der Waals surface area contributed by atoms with Crippen molar-refractivity contribution in [3.63, 3.8) is 0 Å². The standard InChI is InChI=1S/C17H17FN2O3/c1-10-7-16(22)14(9-19-10)17(23)20-11(2)8-15(21)12-3-5-13(18)6-4-12/h3-7,9,11H,8H2,1-2H3,(H,19,22)(H,20,23). The van der Waals surface area contributed by atoms with Crippen molar-refractivity contribution in [2.45, 2.75) is 26.3 Å². The Bertz CT molecular complexity index is 781. The Kier molecular flexibility index (Phi) is 5.05. The number of amides is 1. The zero-order valence-corrected chi connectivity index (χ0v) is 12.9. The van der Waals surface area contributed by atoms with Crippen molar-refractivity contribution >= 4 is 11.7 Å². The van der Waals surface area contributed by atoms with Crippen molar-refractivity contribution in [3.05, 3.63) is 69.4 Å². The molecule has 5 nitrogen and oxygen atoms in total. The minimum atomic E-state index is -0.536. The van der Waals surface area contributed by atoms with E-state index in [1.807, 2.05) is 0 Å². The summed E-state index contributed by atoms with van der Waals surface area (Å²) in [6.07, 6.45) is 1.41. The lowest BCUT2D eigenvalue weighted by Gasteiger charge is -2.13. The van der Waals surface area contributed by atoms with Crippen LogP contribution in [-0.4, -0.2) is 22.7 Å². The third-order valence-electron chi connectivity index (χ3n) is 3.34. The third-order valence-corrected chi connectivity index (χ3v) is 3.34. The van der Waals surface area contributed by atoms with E-state index in [-0.39, 0.29) is 23.2 Å². The number of Topliss-reactive ketones (excluding diaryl/α,β-unsaturated/α-hetero) is 1. The van der Waals surface area contributed by atoms with Crippen LogP contribution in [0.1, 0.15) is 39.8 Å². The van der Waals surface area contributed by atoms with Crippen molar-refractivity contribution in [1.29, 1.82) is 0 Å². The van der Waals surface area contributed by atoms with Gasteiger partial charge in [0.15, 0.2) is 11.2 Å². The zero-order valence-electron chi connectivity index (χ0n) is 12.9. The molecule has 0 aliphatic carbocycles.